The molecule has 156 valence electrons. The Kier molecular flexibility index (Phi) is 8.59. The molecule has 7 heteroatoms. The molecule has 0 bridgehead atoms. The van der Waals surface area contributed by atoms with Crippen molar-refractivity contribution in [3.05, 3.63) is 34.9 Å². The Morgan fingerprint density at radius 2 is 2.11 bits per heavy atom. The monoisotopic (exact) mass is 427 g/mol. The van der Waals surface area contributed by atoms with Crippen LogP contribution in [0.2, 0.25) is 5.02 Å². The fourth-order valence-electron chi connectivity index (χ4n) is 4.08. The maximum absolute atomic E-state index is 13.4. The van der Waals surface area contributed by atoms with Crippen LogP contribution in [0.4, 0.5) is 0 Å². The average Bonchev–Trinajstić information content (AvgIpc) is 2.72. The van der Waals surface area contributed by atoms with Crippen LogP contribution in [-0.4, -0.2) is 54.3 Å². The molecule has 3 atom stereocenters. The van der Waals surface area contributed by atoms with Crippen molar-refractivity contribution in [2.75, 3.05) is 32.7 Å². The second kappa shape index (κ2) is 10.5. The normalized spacial score (nSPS) is 23.7. The highest BCUT2D eigenvalue weighted by Crippen LogP contribution is 2.29. The van der Waals surface area contributed by atoms with Crippen molar-refractivity contribution in [1.29, 1.82) is 0 Å². The minimum absolute atomic E-state index is 0. The van der Waals surface area contributed by atoms with Crippen LogP contribution >= 0.6 is 24.0 Å². The molecule has 5 nitrogen and oxygen atoms in total. The summed E-state index contributed by atoms with van der Waals surface area (Å²) in [7, 11) is 0. The third-order valence-electron chi connectivity index (χ3n) is 5.88. The lowest BCUT2D eigenvalue weighted by Gasteiger charge is -2.41. The van der Waals surface area contributed by atoms with Gasteiger partial charge in [-0.1, -0.05) is 37.6 Å². The quantitative estimate of drug-likeness (QED) is 0.799. The first-order valence-corrected chi connectivity index (χ1v) is 10.4. The lowest BCUT2D eigenvalue weighted by atomic mass is 9.93. The van der Waals surface area contributed by atoms with Crippen molar-refractivity contribution >= 4 is 35.8 Å². The largest absolute Gasteiger partial charge is 0.342 e. The van der Waals surface area contributed by atoms with Gasteiger partial charge in [-0.15, -0.1) is 12.4 Å². The Morgan fingerprint density at radius 1 is 1.32 bits per heavy atom. The van der Waals surface area contributed by atoms with Crippen molar-refractivity contribution in [1.82, 2.24) is 15.1 Å². The van der Waals surface area contributed by atoms with Gasteiger partial charge >= 0.3 is 0 Å². The van der Waals surface area contributed by atoms with Gasteiger partial charge in [0, 0.05) is 43.7 Å². The van der Waals surface area contributed by atoms with Gasteiger partial charge in [0.05, 0.1) is 12.0 Å². The molecule has 0 aromatic heterocycles. The summed E-state index contributed by atoms with van der Waals surface area (Å²) < 4.78 is 0. The number of nitrogens with zero attached hydrogens (tertiary/aromatic N) is 2. The molecule has 28 heavy (non-hydrogen) atoms. The summed E-state index contributed by atoms with van der Waals surface area (Å²) in [4.78, 5) is 29.8. The van der Waals surface area contributed by atoms with Crippen LogP contribution in [0.1, 0.15) is 44.7 Å². The Hall–Kier alpha value is -1.30. The lowest BCUT2D eigenvalue weighted by molar-refractivity contribution is -0.144. The first-order valence-electron chi connectivity index (χ1n) is 10.1. The van der Waals surface area contributed by atoms with Crippen LogP contribution in [-0.2, 0) is 9.59 Å². The van der Waals surface area contributed by atoms with Crippen LogP contribution in [0.5, 0.6) is 0 Å². The zero-order chi connectivity index (χ0) is 19.4. The van der Waals surface area contributed by atoms with Gasteiger partial charge in [0.1, 0.15) is 0 Å². The number of halogens is 2. The molecule has 1 aromatic rings. The maximum Gasteiger partial charge on any atom is 0.228 e. The summed E-state index contributed by atoms with van der Waals surface area (Å²) in [5.41, 5.74) is 1.06. The maximum atomic E-state index is 13.4. The van der Waals surface area contributed by atoms with Gasteiger partial charge in [0.25, 0.3) is 0 Å². The van der Waals surface area contributed by atoms with Crippen LogP contribution in [0.3, 0.4) is 0 Å². The number of rotatable bonds is 4. The predicted octanol–water partition coefficient (Wildman–Crippen LogP) is 3.52. The van der Waals surface area contributed by atoms with E-state index >= 15 is 0 Å². The van der Waals surface area contributed by atoms with E-state index in [0.29, 0.717) is 18.1 Å². The third-order valence-corrected chi connectivity index (χ3v) is 6.11. The minimum Gasteiger partial charge on any atom is -0.342 e. The zero-order valence-corrected chi connectivity index (χ0v) is 18.3. The lowest BCUT2D eigenvalue weighted by Crippen LogP contribution is -2.53. The Morgan fingerprint density at radius 3 is 2.82 bits per heavy atom. The van der Waals surface area contributed by atoms with Gasteiger partial charge in [-0.2, -0.15) is 0 Å². The summed E-state index contributed by atoms with van der Waals surface area (Å²) in [6.07, 6.45) is 2.59. The van der Waals surface area contributed by atoms with Crippen LogP contribution < -0.4 is 5.32 Å². The third kappa shape index (κ3) is 5.19. The summed E-state index contributed by atoms with van der Waals surface area (Å²) >= 11 is 6.17. The van der Waals surface area contributed by atoms with Crippen LogP contribution in [0, 0.1) is 11.8 Å². The molecule has 0 saturated carbocycles. The molecule has 2 aliphatic rings. The molecular formula is C21H31Cl2N3O2. The van der Waals surface area contributed by atoms with Crippen molar-refractivity contribution in [2.45, 2.75) is 39.2 Å². The highest BCUT2D eigenvalue weighted by molar-refractivity contribution is 6.30. The van der Waals surface area contributed by atoms with E-state index < -0.39 is 0 Å². The van der Waals surface area contributed by atoms with E-state index in [0.717, 1.165) is 44.5 Å². The van der Waals surface area contributed by atoms with Crippen molar-refractivity contribution < 1.29 is 9.59 Å². The second-order valence-corrected chi connectivity index (χ2v) is 8.18. The first kappa shape index (κ1) is 23.0. The van der Waals surface area contributed by atoms with E-state index in [-0.39, 0.29) is 42.1 Å². The van der Waals surface area contributed by atoms with E-state index in [1.54, 1.807) is 0 Å². The van der Waals surface area contributed by atoms with E-state index in [2.05, 4.69) is 5.32 Å². The van der Waals surface area contributed by atoms with Crippen LogP contribution in [0.25, 0.3) is 0 Å². The number of piperidine rings is 1. The number of likely N-dealkylation sites (tertiary alicyclic amines) is 1. The Balaban J connectivity index is 0.00000280. The fourth-order valence-corrected chi connectivity index (χ4v) is 4.28. The number of piperazine rings is 1. The minimum atomic E-state index is -0.105. The van der Waals surface area contributed by atoms with E-state index in [4.69, 9.17) is 11.6 Å². The van der Waals surface area contributed by atoms with Crippen LogP contribution in [0.15, 0.2) is 24.3 Å². The topological polar surface area (TPSA) is 52.7 Å². The molecule has 2 saturated heterocycles. The van der Waals surface area contributed by atoms with E-state index in [1.165, 1.54) is 0 Å². The molecular weight excluding hydrogens is 397 g/mol. The van der Waals surface area contributed by atoms with Crippen molar-refractivity contribution in [2.24, 2.45) is 11.8 Å². The zero-order valence-electron chi connectivity index (χ0n) is 16.7. The summed E-state index contributed by atoms with van der Waals surface area (Å²) in [5.74, 6) is 0.272. The Labute approximate surface area is 179 Å². The molecule has 0 aliphatic carbocycles. The number of carbonyl (C=O) groups is 2. The molecule has 3 unspecified atom stereocenters. The summed E-state index contributed by atoms with van der Waals surface area (Å²) in [6.45, 7) is 7.54. The number of benzene rings is 1. The standard InChI is InChI=1S/C21H30ClN3O2.ClH/c1-3-15(2)20(26)24-10-5-7-17(14-24)21(27)25-11-9-23-13-19(25)16-6-4-8-18(22)12-16;/h4,6,8,12,15,17,19,23H,3,5,7,9-11,13-14H2,1-2H3;1H. The van der Waals surface area contributed by atoms with E-state index in [9.17, 15) is 9.59 Å². The van der Waals surface area contributed by atoms with Crippen molar-refractivity contribution in [3.8, 4) is 0 Å². The summed E-state index contributed by atoms with van der Waals surface area (Å²) in [5, 5.41) is 4.08. The molecule has 0 radical (unpaired) electrons. The number of hydrogen-bond donors (Lipinski definition) is 1. The molecule has 2 heterocycles. The molecule has 2 fully saturated rings. The number of amides is 2. The Bertz CT molecular complexity index is 685. The highest BCUT2D eigenvalue weighted by atomic mass is 35.5. The number of nitrogens with one attached hydrogen (secondary N) is 1. The molecule has 1 N–H and O–H groups in total. The summed E-state index contributed by atoms with van der Waals surface area (Å²) in [6, 6.07) is 7.75. The number of carbonyl (C=O) groups excluding carboxylic acids is 2. The first-order chi connectivity index (χ1) is 13.0. The molecule has 3 rings (SSSR count). The molecule has 2 aliphatic heterocycles. The van der Waals surface area contributed by atoms with E-state index in [1.807, 2.05) is 47.9 Å². The number of hydrogen-bond acceptors (Lipinski definition) is 3. The van der Waals surface area contributed by atoms with Gasteiger partial charge in [0.2, 0.25) is 11.8 Å². The van der Waals surface area contributed by atoms with Gasteiger partial charge in [-0.05, 0) is 37.0 Å². The molecule has 2 amide bonds. The molecule has 1 aromatic carbocycles. The van der Waals surface area contributed by atoms with Gasteiger partial charge in [-0.3, -0.25) is 9.59 Å². The van der Waals surface area contributed by atoms with Crippen molar-refractivity contribution in [3.63, 3.8) is 0 Å². The second-order valence-electron chi connectivity index (χ2n) is 7.74. The SMILES string of the molecule is CCC(C)C(=O)N1CCCC(C(=O)N2CCNCC2c2cccc(Cl)c2)C1.Cl. The molecule has 0 spiro atoms. The average molecular weight is 428 g/mol. The van der Waals surface area contributed by atoms with Gasteiger partial charge < -0.3 is 15.1 Å². The smallest absolute Gasteiger partial charge is 0.228 e. The predicted molar refractivity (Wildman–Crippen MR) is 115 cm³/mol. The highest BCUT2D eigenvalue weighted by Gasteiger charge is 2.36. The van der Waals surface area contributed by atoms with Gasteiger partial charge in [0.15, 0.2) is 0 Å². The fraction of sp³-hybridized carbons (Fsp3) is 0.619. The van der Waals surface area contributed by atoms with Gasteiger partial charge in [-0.25, -0.2) is 0 Å².